The van der Waals surface area contributed by atoms with E-state index in [2.05, 4.69) is 10.3 Å². The zero-order valence-electron chi connectivity index (χ0n) is 11.0. The van der Waals surface area contributed by atoms with E-state index in [1.54, 1.807) is 33.2 Å². The molecule has 0 aliphatic rings. The molecule has 1 amide bonds. The van der Waals surface area contributed by atoms with Gasteiger partial charge in [0.25, 0.3) is 0 Å². The molecule has 1 N–H and O–H groups in total. The molecule has 0 saturated heterocycles. The number of Topliss-reactive ketones (excluding diaryl/α,β-unsaturated/α-hetero) is 1. The zero-order valence-corrected chi connectivity index (χ0v) is 11.8. The van der Waals surface area contributed by atoms with Crippen LogP contribution in [-0.4, -0.2) is 28.5 Å². The molecule has 0 aromatic carbocycles. The van der Waals surface area contributed by atoms with Crippen molar-refractivity contribution in [2.24, 2.45) is 0 Å². The molecular weight excluding hydrogens is 252 g/mol. The Labute approximate surface area is 111 Å². The number of hydrogen-bond acceptors (Lipinski definition) is 5. The van der Waals surface area contributed by atoms with Crippen molar-refractivity contribution in [3.05, 3.63) is 16.6 Å². The minimum atomic E-state index is -0.582. The molecule has 0 spiro atoms. The van der Waals surface area contributed by atoms with Crippen LogP contribution < -0.4 is 5.32 Å². The second-order valence-electron chi connectivity index (χ2n) is 4.99. The quantitative estimate of drug-likeness (QED) is 0.910. The van der Waals surface area contributed by atoms with E-state index < -0.39 is 17.7 Å². The molecule has 0 bridgehead atoms. The molecule has 6 heteroatoms. The van der Waals surface area contributed by atoms with E-state index in [1.165, 1.54) is 11.3 Å². The van der Waals surface area contributed by atoms with Crippen LogP contribution in [-0.2, 0) is 16.0 Å². The van der Waals surface area contributed by atoms with Gasteiger partial charge in [-0.15, -0.1) is 11.3 Å². The van der Waals surface area contributed by atoms with Crippen molar-refractivity contribution < 1.29 is 14.3 Å². The smallest absolute Gasteiger partial charge is 0.408 e. The number of thiazole rings is 1. The first-order chi connectivity index (χ1) is 8.28. The number of nitrogens with zero attached hydrogens (tertiary/aromatic N) is 1. The largest absolute Gasteiger partial charge is 0.444 e. The fourth-order valence-electron chi connectivity index (χ4n) is 1.22. The van der Waals surface area contributed by atoms with Crippen molar-refractivity contribution in [3.63, 3.8) is 0 Å². The number of ether oxygens (including phenoxy) is 1. The summed E-state index contributed by atoms with van der Waals surface area (Å²) in [6.45, 7) is 6.95. The van der Waals surface area contributed by atoms with E-state index in [-0.39, 0.29) is 12.2 Å². The average Bonchev–Trinajstić information content (AvgIpc) is 2.66. The SMILES string of the molecule is C[C@H](NC(=O)OC(C)(C)C)C(=O)Cc1cscn1. The van der Waals surface area contributed by atoms with E-state index in [0.29, 0.717) is 0 Å². The van der Waals surface area contributed by atoms with Crippen molar-refractivity contribution in [2.75, 3.05) is 0 Å². The Hall–Kier alpha value is -1.43. The van der Waals surface area contributed by atoms with Gasteiger partial charge in [-0.05, 0) is 27.7 Å². The highest BCUT2D eigenvalue weighted by atomic mass is 32.1. The lowest BCUT2D eigenvalue weighted by molar-refractivity contribution is -0.120. The van der Waals surface area contributed by atoms with Gasteiger partial charge in [-0.25, -0.2) is 9.78 Å². The standard InChI is InChI=1S/C12H18N2O3S/c1-8(14-11(16)17-12(2,3)4)10(15)5-9-6-18-7-13-9/h6-8H,5H2,1-4H3,(H,14,16)/t8-/m0/s1. The molecule has 0 unspecified atom stereocenters. The molecule has 1 aromatic rings. The van der Waals surface area contributed by atoms with Crippen molar-refractivity contribution in [1.82, 2.24) is 10.3 Å². The number of carbonyl (C=O) groups excluding carboxylic acids is 2. The van der Waals surface area contributed by atoms with Crippen molar-refractivity contribution in [3.8, 4) is 0 Å². The predicted octanol–water partition coefficient (Wildman–Crippen LogP) is 2.17. The van der Waals surface area contributed by atoms with Crippen molar-refractivity contribution in [1.29, 1.82) is 0 Å². The summed E-state index contributed by atoms with van der Waals surface area (Å²) in [5.74, 6) is -0.0910. The van der Waals surface area contributed by atoms with Gasteiger partial charge in [0.2, 0.25) is 0 Å². The molecule has 0 aliphatic heterocycles. The molecule has 100 valence electrons. The van der Waals surface area contributed by atoms with Gasteiger partial charge < -0.3 is 10.1 Å². The van der Waals surface area contributed by atoms with Gasteiger partial charge in [0.15, 0.2) is 5.78 Å². The number of ketones is 1. The predicted molar refractivity (Wildman–Crippen MR) is 69.7 cm³/mol. The average molecular weight is 270 g/mol. The first-order valence-electron chi connectivity index (χ1n) is 5.67. The Kier molecular flexibility index (Phi) is 4.84. The van der Waals surface area contributed by atoms with Gasteiger partial charge >= 0.3 is 6.09 Å². The summed E-state index contributed by atoms with van der Waals surface area (Å²) >= 11 is 1.44. The Bertz CT molecular complexity index is 409. The molecule has 0 saturated carbocycles. The molecule has 0 fully saturated rings. The molecule has 1 atom stereocenters. The minimum Gasteiger partial charge on any atom is -0.444 e. The van der Waals surface area contributed by atoms with Gasteiger partial charge in [-0.3, -0.25) is 4.79 Å². The maximum Gasteiger partial charge on any atom is 0.408 e. The fourth-order valence-corrected chi connectivity index (χ4v) is 1.78. The van der Waals surface area contributed by atoms with Crippen LogP contribution in [0.25, 0.3) is 0 Å². The second kappa shape index (κ2) is 5.95. The van der Waals surface area contributed by atoms with Crippen LogP contribution >= 0.6 is 11.3 Å². The van der Waals surface area contributed by atoms with Gasteiger partial charge in [0, 0.05) is 5.38 Å². The van der Waals surface area contributed by atoms with Crippen LogP contribution in [0.1, 0.15) is 33.4 Å². The Morgan fingerprint density at radius 2 is 2.17 bits per heavy atom. The summed E-state index contributed by atoms with van der Waals surface area (Å²) in [5.41, 5.74) is 1.83. The van der Waals surface area contributed by atoms with E-state index in [1.807, 2.05) is 5.38 Å². The van der Waals surface area contributed by atoms with Crippen LogP contribution in [0.3, 0.4) is 0 Å². The molecular formula is C12H18N2O3S. The van der Waals surface area contributed by atoms with Crippen LogP contribution in [0.5, 0.6) is 0 Å². The molecule has 1 aromatic heterocycles. The topological polar surface area (TPSA) is 68.3 Å². The van der Waals surface area contributed by atoms with E-state index in [4.69, 9.17) is 4.74 Å². The summed E-state index contributed by atoms with van der Waals surface area (Å²) in [7, 11) is 0. The Morgan fingerprint density at radius 1 is 1.50 bits per heavy atom. The van der Waals surface area contributed by atoms with Crippen LogP contribution in [0.2, 0.25) is 0 Å². The number of aromatic nitrogens is 1. The highest BCUT2D eigenvalue weighted by molar-refractivity contribution is 7.07. The van der Waals surface area contributed by atoms with Crippen molar-refractivity contribution in [2.45, 2.75) is 45.8 Å². The van der Waals surface area contributed by atoms with Gasteiger partial charge in [0.05, 0.1) is 23.7 Å². The highest BCUT2D eigenvalue weighted by Gasteiger charge is 2.21. The first kappa shape index (κ1) is 14.6. The summed E-state index contributed by atoms with van der Waals surface area (Å²) in [6.07, 6.45) is -0.359. The van der Waals surface area contributed by atoms with Gasteiger partial charge in [-0.1, -0.05) is 0 Å². The van der Waals surface area contributed by atoms with Crippen molar-refractivity contribution >= 4 is 23.2 Å². The van der Waals surface area contributed by atoms with Crippen LogP contribution in [0.4, 0.5) is 4.79 Å². The summed E-state index contributed by atoms with van der Waals surface area (Å²) in [5, 5.41) is 4.33. The number of hydrogen-bond donors (Lipinski definition) is 1. The normalized spacial score (nSPS) is 12.9. The third-order valence-corrected chi connectivity index (χ3v) is 2.69. The Balaban J connectivity index is 2.42. The third-order valence-electron chi connectivity index (χ3n) is 2.06. The lowest BCUT2D eigenvalue weighted by Crippen LogP contribution is -2.42. The minimum absolute atomic E-state index is 0.0910. The van der Waals surface area contributed by atoms with Crippen LogP contribution in [0.15, 0.2) is 10.9 Å². The molecule has 0 radical (unpaired) electrons. The third kappa shape index (κ3) is 5.27. The van der Waals surface area contributed by atoms with Crippen LogP contribution in [0, 0.1) is 0 Å². The number of rotatable bonds is 4. The molecule has 1 heterocycles. The maximum atomic E-state index is 11.8. The number of alkyl carbamates (subject to hydrolysis) is 1. The van der Waals surface area contributed by atoms with E-state index in [0.717, 1.165) is 5.69 Å². The monoisotopic (exact) mass is 270 g/mol. The van der Waals surface area contributed by atoms with E-state index >= 15 is 0 Å². The highest BCUT2D eigenvalue weighted by Crippen LogP contribution is 2.07. The Morgan fingerprint density at radius 3 is 2.67 bits per heavy atom. The number of nitrogens with one attached hydrogen (secondary N) is 1. The summed E-state index contributed by atoms with van der Waals surface area (Å²) in [4.78, 5) is 27.3. The molecule has 1 rings (SSSR count). The fraction of sp³-hybridized carbons (Fsp3) is 0.583. The zero-order chi connectivity index (χ0) is 13.8. The number of carbonyl (C=O) groups is 2. The molecule has 0 aliphatic carbocycles. The number of amides is 1. The summed E-state index contributed by atoms with van der Waals surface area (Å²) in [6, 6.07) is -0.582. The lowest BCUT2D eigenvalue weighted by atomic mass is 10.1. The maximum absolute atomic E-state index is 11.8. The molecule has 5 nitrogen and oxygen atoms in total. The lowest BCUT2D eigenvalue weighted by Gasteiger charge is -2.21. The first-order valence-corrected chi connectivity index (χ1v) is 6.61. The van der Waals surface area contributed by atoms with Gasteiger partial charge in [0.1, 0.15) is 5.60 Å². The molecule has 18 heavy (non-hydrogen) atoms. The summed E-state index contributed by atoms with van der Waals surface area (Å²) < 4.78 is 5.08. The second-order valence-corrected chi connectivity index (χ2v) is 5.71. The van der Waals surface area contributed by atoms with E-state index in [9.17, 15) is 9.59 Å². The van der Waals surface area contributed by atoms with Gasteiger partial charge in [-0.2, -0.15) is 0 Å².